The first-order chi connectivity index (χ1) is 19.9. The van der Waals surface area contributed by atoms with Crippen LogP contribution in [0.3, 0.4) is 0 Å². The van der Waals surface area contributed by atoms with Gasteiger partial charge in [-0.25, -0.2) is 4.79 Å². The van der Waals surface area contributed by atoms with E-state index in [1.165, 1.54) is 11.0 Å². The van der Waals surface area contributed by atoms with E-state index < -0.39 is 66.4 Å². The van der Waals surface area contributed by atoms with Crippen LogP contribution in [0.15, 0.2) is 37.0 Å². The number of primary amides is 1. The first-order valence-corrected chi connectivity index (χ1v) is 15.1. The fourth-order valence-electron chi connectivity index (χ4n) is 5.66. The molecule has 246 valence electrons. The van der Waals surface area contributed by atoms with Gasteiger partial charge in [0, 0.05) is 49.6 Å². The number of carbonyl (C=O) groups is 3. The highest BCUT2D eigenvalue weighted by Crippen LogP contribution is 2.30. The zero-order valence-corrected chi connectivity index (χ0v) is 26.9. The van der Waals surface area contributed by atoms with Gasteiger partial charge in [0.15, 0.2) is 0 Å². The standard InChI is InChI=1S/C32H54N2O9/c1-10-11-12-18(3)29(43-32(33)41)21(6)28(38)22(7)30(39)34(9)16-19(4)26(36)17(2)13-14-24(35)15-25-20(5)27(37)23(8)31(40)42-25/h10-14,17-29,35-38H,1,15-16H2,2-9H3,(H2,33,41)/t17-,18-,19-,20?,21?,22?,23+,24?,25-,26-,27?,28?,29?/m0/s1. The van der Waals surface area contributed by atoms with E-state index >= 15 is 0 Å². The van der Waals surface area contributed by atoms with E-state index in [4.69, 9.17) is 15.2 Å². The zero-order valence-electron chi connectivity index (χ0n) is 26.9. The Balaban J connectivity index is 2.76. The van der Waals surface area contributed by atoms with Crippen molar-refractivity contribution in [2.45, 2.75) is 91.5 Å². The molecular weight excluding hydrogens is 556 g/mol. The van der Waals surface area contributed by atoms with E-state index in [1.54, 1.807) is 72.9 Å². The fraction of sp³-hybridized carbons (Fsp3) is 0.719. The van der Waals surface area contributed by atoms with Crippen LogP contribution >= 0.6 is 0 Å². The Labute approximate surface area is 256 Å². The minimum Gasteiger partial charge on any atom is -0.462 e. The lowest BCUT2D eigenvalue weighted by molar-refractivity contribution is -0.179. The van der Waals surface area contributed by atoms with E-state index in [-0.39, 0.29) is 42.5 Å². The maximum atomic E-state index is 13.2. The first-order valence-electron chi connectivity index (χ1n) is 15.1. The highest BCUT2D eigenvalue weighted by Gasteiger charge is 2.41. The van der Waals surface area contributed by atoms with Crippen molar-refractivity contribution in [2.75, 3.05) is 13.6 Å². The maximum absolute atomic E-state index is 13.2. The Hall–Kier alpha value is -2.73. The molecule has 1 rings (SSSR count). The van der Waals surface area contributed by atoms with Crippen molar-refractivity contribution < 1.29 is 44.3 Å². The monoisotopic (exact) mass is 610 g/mol. The van der Waals surface area contributed by atoms with Crippen LogP contribution in [0.5, 0.6) is 0 Å². The van der Waals surface area contributed by atoms with Crippen molar-refractivity contribution in [3.8, 4) is 0 Å². The molecule has 43 heavy (non-hydrogen) atoms. The predicted molar refractivity (Wildman–Crippen MR) is 163 cm³/mol. The van der Waals surface area contributed by atoms with Crippen LogP contribution in [-0.2, 0) is 19.1 Å². The van der Waals surface area contributed by atoms with Gasteiger partial charge in [0.05, 0.1) is 36.3 Å². The largest absolute Gasteiger partial charge is 0.462 e. The topological polar surface area (TPSA) is 180 Å². The van der Waals surface area contributed by atoms with Gasteiger partial charge in [0.2, 0.25) is 5.91 Å². The summed E-state index contributed by atoms with van der Waals surface area (Å²) in [6.45, 7) is 15.9. The lowest BCUT2D eigenvalue weighted by Gasteiger charge is -2.36. The summed E-state index contributed by atoms with van der Waals surface area (Å²) >= 11 is 0. The molecule has 1 saturated heterocycles. The fourth-order valence-corrected chi connectivity index (χ4v) is 5.66. The summed E-state index contributed by atoms with van der Waals surface area (Å²) < 4.78 is 10.7. The highest BCUT2D eigenvalue weighted by atomic mass is 16.6. The number of cyclic esters (lactones) is 1. The number of nitrogens with two attached hydrogens (primary N) is 1. The van der Waals surface area contributed by atoms with Gasteiger partial charge in [0.1, 0.15) is 12.2 Å². The number of hydrogen-bond acceptors (Lipinski definition) is 9. The minimum absolute atomic E-state index is 0.121. The summed E-state index contributed by atoms with van der Waals surface area (Å²) in [6.07, 6.45) is 2.24. The predicted octanol–water partition coefficient (Wildman–Crippen LogP) is 2.42. The Morgan fingerprint density at radius 2 is 1.65 bits per heavy atom. The molecule has 0 aliphatic carbocycles. The second-order valence-electron chi connectivity index (χ2n) is 12.4. The van der Waals surface area contributed by atoms with Crippen molar-refractivity contribution in [1.82, 2.24) is 4.90 Å². The van der Waals surface area contributed by atoms with Gasteiger partial charge in [-0.2, -0.15) is 0 Å². The normalized spacial score (nSPS) is 27.3. The van der Waals surface area contributed by atoms with Gasteiger partial charge in [-0.15, -0.1) is 0 Å². The molecule has 11 nitrogen and oxygen atoms in total. The van der Waals surface area contributed by atoms with Crippen molar-refractivity contribution in [3.05, 3.63) is 37.0 Å². The Morgan fingerprint density at radius 1 is 1.05 bits per heavy atom. The molecule has 1 aliphatic heterocycles. The SMILES string of the molecule is C=CC=C[C@H](C)C(OC(N)=O)C(C)C(O)C(C)C(=O)N(C)C[C@H](C)[C@@H](O)[C@@H](C)C=CC(O)C[C@@H]1OC(=O)[C@H](C)C(O)C1C. The van der Waals surface area contributed by atoms with E-state index in [2.05, 4.69) is 6.58 Å². The first kappa shape index (κ1) is 38.3. The molecular formula is C32H54N2O9. The third-order valence-corrected chi connectivity index (χ3v) is 8.73. The number of esters is 1. The van der Waals surface area contributed by atoms with Crippen LogP contribution in [0, 0.1) is 41.4 Å². The van der Waals surface area contributed by atoms with Gasteiger partial charge in [-0.05, 0) is 6.92 Å². The average molecular weight is 611 g/mol. The third-order valence-electron chi connectivity index (χ3n) is 8.73. The number of carbonyl (C=O) groups excluding carboxylic acids is 3. The van der Waals surface area contributed by atoms with Crippen molar-refractivity contribution in [3.63, 3.8) is 0 Å². The van der Waals surface area contributed by atoms with Crippen molar-refractivity contribution in [1.29, 1.82) is 0 Å². The van der Waals surface area contributed by atoms with Crippen LogP contribution < -0.4 is 5.73 Å². The summed E-state index contributed by atoms with van der Waals surface area (Å²) in [5.74, 6) is -4.23. The lowest BCUT2D eigenvalue weighted by atomic mass is 9.83. The minimum atomic E-state index is -1.14. The molecule has 13 atom stereocenters. The Kier molecular flexibility index (Phi) is 15.6. The Bertz CT molecular complexity index is 986. The van der Waals surface area contributed by atoms with E-state index in [1.807, 2.05) is 6.92 Å². The second kappa shape index (κ2) is 17.5. The molecule has 0 radical (unpaired) electrons. The number of amides is 2. The van der Waals surface area contributed by atoms with Gasteiger partial charge in [-0.1, -0.05) is 78.5 Å². The number of ether oxygens (including phenoxy) is 2. The molecule has 0 aromatic rings. The number of hydrogen-bond donors (Lipinski definition) is 5. The van der Waals surface area contributed by atoms with Gasteiger partial charge < -0.3 is 40.5 Å². The van der Waals surface area contributed by atoms with E-state index in [0.717, 1.165) is 0 Å². The molecule has 1 fully saturated rings. The molecule has 0 spiro atoms. The summed E-state index contributed by atoms with van der Waals surface area (Å²) in [5, 5.41) is 42.7. The van der Waals surface area contributed by atoms with Crippen LogP contribution in [0.1, 0.15) is 54.9 Å². The molecule has 1 heterocycles. The smallest absolute Gasteiger partial charge is 0.404 e. The number of aliphatic hydroxyl groups is 4. The molecule has 0 saturated carbocycles. The molecule has 6 N–H and O–H groups in total. The Morgan fingerprint density at radius 3 is 2.21 bits per heavy atom. The molecule has 7 unspecified atom stereocenters. The summed E-state index contributed by atoms with van der Waals surface area (Å²) in [7, 11) is 1.60. The lowest BCUT2D eigenvalue weighted by Crippen LogP contribution is -2.47. The highest BCUT2D eigenvalue weighted by molar-refractivity contribution is 5.79. The quantitative estimate of drug-likeness (QED) is 0.0996. The second-order valence-corrected chi connectivity index (χ2v) is 12.4. The van der Waals surface area contributed by atoms with Crippen LogP contribution in [0.2, 0.25) is 0 Å². The van der Waals surface area contributed by atoms with Crippen LogP contribution in [-0.4, -0.2) is 93.5 Å². The molecule has 0 bridgehead atoms. The van der Waals surface area contributed by atoms with Crippen LogP contribution in [0.4, 0.5) is 4.79 Å². The number of rotatable bonds is 16. The van der Waals surface area contributed by atoms with E-state index in [0.29, 0.717) is 0 Å². The van der Waals surface area contributed by atoms with Gasteiger partial charge >= 0.3 is 12.1 Å². The number of allylic oxidation sites excluding steroid dienone is 2. The molecule has 1 aliphatic rings. The van der Waals surface area contributed by atoms with E-state index in [9.17, 15) is 34.8 Å². The summed E-state index contributed by atoms with van der Waals surface area (Å²) in [4.78, 5) is 38.2. The number of nitrogens with zero attached hydrogens (tertiary/aromatic N) is 1. The maximum Gasteiger partial charge on any atom is 0.404 e. The van der Waals surface area contributed by atoms with Crippen molar-refractivity contribution in [2.24, 2.45) is 47.2 Å². The molecule has 2 amide bonds. The third kappa shape index (κ3) is 11.0. The van der Waals surface area contributed by atoms with Crippen LogP contribution in [0.25, 0.3) is 0 Å². The van der Waals surface area contributed by atoms with Crippen molar-refractivity contribution >= 4 is 18.0 Å². The summed E-state index contributed by atoms with van der Waals surface area (Å²) in [6, 6.07) is 0. The molecule has 11 heteroatoms. The molecule has 0 aromatic carbocycles. The zero-order chi connectivity index (χ0) is 33.2. The van der Waals surface area contributed by atoms with Gasteiger partial charge in [-0.3, -0.25) is 9.59 Å². The average Bonchev–Trinajstić information content (AvgIpc) is 2.96. The van der Waals surface area contributed by atoms with Gasteiger partial charge in [0.25, 0.3) is 0 Å². The number of aliphatic hydroxyl groups excluding tert-OH is 4. The summed E-state index contributed by atoms with van der Waals surface area (Å²) in [5.41, 5.74) is 5.26. The molecule has 0 aromatic heterocycles.